The van der Waals surface area contributed by atoms with Crippen LogP contribution in [-0.4, -0.2) is 55.7 Å². The van der Waals surface area contributed by atoms with E-state index in [1.54, 1.807) is 57.0 Å². The maximum Gasteiger partial charge on any atom is 0.410 e. The number of nitrogens with two attached hydrogens (primary N) is 1. The van der Waals surface area contributed by atoms with E-state index in [-0.39, 0.29) is 34.2 Å². The smallest absolute Gasteiger partial charge is 0.410 e. The molecule has 1 aliphatic heterocycles. The summed E-state index contributed by atoms with van der Waals surface area (Å²) < 4.78 is 27.1. The van der Waals surface area contributed by atoms with Gasteiger partial charge in [0, 0.05) is 40.7 Å². The van der Waals surface area contributed by atoms with Crippen LogP contribution in [0.4, 0.5) is 15.0 Å². The number of hydrogen-bond donors (Lipinski definition) is 2. The summed E-state index contributed by atoms with van der Waals surface area (Å²) in [6, 6.07) is 3.98. The number of ether oxygens (including phenoxy) is 2. The van der Waals surface area contributed by atoms with E-state index in [1.807, 2.05) is 0 Å². The van der Waals surface area contributed by atoms with Gasteiger partial charge in [0.15, 0.2) is 11.6 Å². The molecule has 0 radical (unpaired) electrons. The number of pyridine rings is 1. The van der Waals surface area contributed by atoms with Crippen molar-refractivity contribution in [1.29, 1.82) is 0 Å². The number of aromatic nitrogens is 3. The van der Waals surface area contributed by atoms with Crippen molar-refractivity contribution in [2.45, 2.75) is 58.0 Å². The van der Waals surface area contributed by atoms with Crippen LogP contribution in [-0.2, 0) is 4.74 Å². The third-order valence-corrected chi connectivity index (χ3v) is 6.86. The lowest BCUT2D eigenvalue weighted by Gasteiger charge is -2.36. The predicted octanol–water partition coefficient (Wildman–Crippen LogP) is 5.66. The highest BCUT2D eigenvalue weighted by atomic mass is 35.5. The molecule has 12 heteroatoms. The molecule has 1 saturated heterocycles. The zero-order valence-electron chi connectivity index (χ0n) is 21.5. The summed E-state index contributed by atoms with van der Waals surface area (Å²) in [5, 5.41) is 15.3. The van der Waals surface area contributed by atoms with Crippen LogP contribution < -0.4 is 10.5 Å². The molecule has 204 valence electrons. The molecule has 0 spiro atoms. The summed E-state index contributed by atoms with van der Waals surface area (Å²) in [4.78, 5) is 18.1. The summed E-state index contributed by atoms with van der Waals surface area (Å²) in [7, 11) is 0. The summed E-state index contributed by atoms with van der Waals surface area (Å²) in [6.07, 6.45) is 3.53. The van der Waals surface area contributed by atoms with Gasteiger partial charge in [0.05, 0.1) is 29.9 Å². The highest BCUT2D eigenvalue weighted by Gasteiger charge is 2.34. The molecule has 3 N–H and O–H groups in total. The molecule has 1 amide bonds. The standard InChI is InChI=1S/C26H30Cl2FN5O4/c1-14(22-17(27)5-6-18(29)23(22)28)37-21-9-15(10-31-24(21)30)16-11-32-34(12-16)19-7-8-33(13-20(19)35)25(36)38-26(2,3)4/h5-6,9-12,14,19-20,35H,7-8,13H2,1-4H3,(H2,30,31)/t14-,19-,20-/m1/s1. The third-order valence-electron chi connectivity index (χ3n) is 6.14. The van der Waals surface area contributed by atoms with E-state index < -0.39 is 29.7 Å². The maximum absolute atomic E-state index is 14.0. The number of carbonyl (C=O) groups excluding carboxylic acids is 1. The lowest BCUT2D eigenvalue weighted by Crippen LogP contribution is -2.48. The fourth-order valence-electron chi connectivity index (χ4n) is 4.26. The molecule has 3 heterocycles. The van der Waals surface area contributed by atoms with Gasteiger partial charge in [0.25, 0.3) is 0 Å². The van der Waals surface area contributed by atoms with E-state index in [0.29, 0.717) is 24.1 Å². The number of rotatable bonds is 5. The van der Waals surface area contributed by atoms with Gasteiger partial charge in [-0.1, -0.05) is 23.2 Å². The number of hydrogen-bond acceptors (Lipinski definition) is 7. The normalized spacial score (nSPS) is 18.8. The Hall–Kier alpha value is -3.08. The van der Waals surface area contributed by atoms with Gasteiger partial charge in [-0.3, -0.25) is 4.68 Å². The lowest BCUT2D eigenvalue weighted by atomic mass is 10.0. The summed E-state index contributed by atoms with van der Waals surface area (Å²) in [6.45, 7) is 7.65. The van der Waals surface area contributed by atoms with Crippen LogP contribution in [0.15, 0.2) is 36.8 Å². The Morgan fingerprint density at radius 1 is 1.26 bits per heavy atom. The number of aliphatic hydroxyl groups is 1. The summed E-state index contributed by atoms with van der Waals surface area (Å²) >= 11 is 12.4. The SMILES string of the molecule is C[C@@H](Oc1cc(-c2cnn([C@@H]3CCN(C(=O)OC(C)(C)C)C[C@H]3O)c2)cnc1N)c1c(Cl)ccc(F)c1Cl. The van der Waals surface area contributed by atoms with E-state index in [4.69, 9.17) is 38.4 Å². The van der Waals surface area contributed by atoms with Crippen LogP contribution in [0.3, 0.4) is 0 Å². The van der Waals surface area contributed by atoms with E-state index in [0.717, 1.165) is 5.56 Å². The van der Waals surface area contributed by atoms with Crippen LogP contribution in [0, 0.1) is 5.82 Å². The number of likely N-dealkylation sites (tertiary alicyclic amines) is 1. The van der Waals surface area contributed by atoms with Gasteiger partial charge in [-0.05, 0) is 52.3 Å². The minimum Gasteiger partial charge on any atom is -0.482 e. The molecule has 38 heavy (non-hydrogen) atoms. The number of β-amino-alcohol motifs (C(OH)–C–C–N with tert-alkyl or cyclic N) is 1. The summed E-state index contributed by atoms with van der Waals surface area (Å²) in [5.74, 6) is -0.195. The molecule has 0 bridgehead atoms. The van der Waals surface area contributed by atoms with Crippen molar-refractivity contribution in [3.63, 3.8) is 0 Å². The number of carbonyl (C=O) groups is 1. The van der Waals surface area contributed by atoms with Gasteiger partial charge in [-0.15, -0.1) is 0 Å². The minimum absolute atomic E-state index is 0.120. The van der Waals surface area contributed by atoms with E-state index >= 15 is 0 Å². The first-order valence-corrected chi connectivity index (χ1v) is 12.9. The first-order chi connectivity index (χ1) is 17.8. The number of aliphatic hydroxyl groups excluding tert-OH is 1. The zero-order chi connectivity index (χ0) is 27.8. The first kappa shape index (κ1) is 27.9. The largest absolute Gasteiger partial charge is 0.482 e. The average Bonchev–Trinajstić information content (AvgIpc) is 3.32. The zero-order valence-corrected chi connectivity index (χ0v) is 23.0. The Balaban J connectivity index is 1.49. The molecule has 3 aromatic rings. The third kappa shape index (κ3) is 6.14. The monoisotopic (exact) mass is 565 g/mol. The van der Waals surface area contributed by atoms with Crippen LogP contribution >= 0.6 is 23.2 Å². The second kappa shape index (κ2) is 11.0. The topological polar surface area (TPSA) is 116 Å². The molecule has 9 nitrogen and oxygen atoms in total. The number of amides is 1. The van der Waals surface area contributed by atoms with Gasteiger partial charge in [0.1, 0.15) is 17.5 Å². The number of halogens is 3. The number of benzene rings is 1. The predicted molar refractivity (Wildman–Crippen MR) is 143 cm³/mol. The number of nitrogen functional groups attached to an aromatic ring is 1. The van der Waals surface area contributed by atoms with Gasteiger partial charge in [-0.25, -0.2) is 14.2 Å². The Kier molecular flexibility index (Phi) is 8.06. The van der Waals surface area contributed by atoms with Crippen molar-refractivity contribution >= 4 is 35.1 Å². The Labute approximate surface area is 230 Å². The maximum atomic E-state index is 14.0. The molecule has 0 unspecified atom stereocenters. The summed E-state index contributed by atoms with van der Waals surface area (Å²) in [5.41, 5.74) is 7.13. The van der Waals surface area contributed by atoms with Gasteiger partial charge < -0.3 is 25.2 Å². The molecular weight excluding hydrogens is 536 g/mol. The second-order valence-electron chi connectivity index (χ2n) is 10.2. The Morgan fingerprint density at radius 3 is 2.68 bits per heavy atom. The molecule has 0 aliphatic carbocycles. The van der Waals surface area contributed by atoms with Crippen molar-refractivity contribution in [3.05, 3.63) is 58.2 Å². The highest BCUT2D eigenvalue weighted by Crippen LogP contribution is 2.37. The molecular formula is C26H30Cl2FN5O4. The number of anilines is 1. The molecule has 1 aliphatic rings. The Bertz CT molecular complexity index is 1330. The Morgan fingerprint density at radius 2 is 2.00 bits per heavy atom. The van der Waals surface area contributed by atoms with Crippen molar-refractivity contribution in [2.75, 3.05) is 18.8 Å². The molecule has 3 atom stereocenters. The van der Waals surface area contributed by atoms with Crippen molar-refractivity contribution in [1.82, 2.24) is 19.7 Å². The molecule has 1 fully saturated rings. The van der Waals surface area contributed by atoms with E-state index in [9.17, 15) is 14.3 Å². The molecule has 4 rings (SSSR count). The van der Waals surface area contributed by atoms with E-state index in [2.05, 4.69) is 10.1 Å². The first-order valence-electron chi connectivity index (χ1n) is 12.1. The van der Waals surface area contributed by atoms with E-state index in [1.165, 1.54) is 17.0 Å². The average molecular weight is 566 g/mol. The number of nitrogens with zero attached hydrogens (tertiary/aromatic N) is 4. The van der Waals surface area contributed by atoms with Crippen LogP contribution in [0.1, 0.15) is 51.8 Å². The second-order valence-corrected chi connectivity index (χ2v) is 11.0. The quantitative estimate of drug-likeness (QED) is 0.383. The van der Waals surface area contributed by atoms with Crippen LogP contribution in [0.5, 0.6) is 5.75 Å². The molecule has 1 aromatic carbocycles. The van der Waals surface area contributed by atoms with Gasteiger partial charge >= 0.3 is 6.09 Å². The van der Waals surface area contributed by atoms with Crippen LogP contribution in [0.2, 0.25) is 10.0 Å². The highest BCUT2D eigenvalue weighted by molar-refractivity contribution is 6.36. The van der Waals surface area contributed by atoms with Crippen molar-refractivity contribution in [3.8, 4) is 16.9 Å². The lowest BCUT2D eigenvalue weighted by molar-refractivity contribution is -0.0118. The minimum atomic E-state index is -0.825. The molecule has 0 saturated carbocycles. The van der Waals surface area contributed by atoms with Crippen molar-refractivity contribution < 1.29 is 23.8 Å². The number of piperidine rings is 1. The van der Waals surface area contributed by atoms with Gasteiger partial charge in [0.2, 0.25) is 0 Å². The molecule has 2 aromatic heterocycles. The fourth-order valence-corrected chi connectivity index (χ4v) is 4.94. The fraction of sp³-hybridized carbons (Fsp3) is 0.423. The van der Waals surface area contributed by atoms with Crippen molar-refractivity contribution in [2.24, 2.45) is 0 Å². The van der Waals surface area contributed by atoms with Crippen LogP contribution in [0.25, 0.3) is 11.1 Å². The van der Waals surface area contributed by atoms with Gasteiger partial charge in [-0.2, -0.15) is 5.10 Å².